The molecule has 0 aliphatic carbocycles. The van der Waals surface area contributed by atoms with E-state index in [-0.39, 0.29) is 24.2 Å². The number of fused-ring (bicyclic) bond motifs is 1. The monoisotopic (exact) mass is 461 g/mol. The first-order chi connectivity index (χ1) is 15.1. The number of rotatable bonds is 8. The van der Waals surface area contributed by atoms with Gasteiger partial charge in [-0.2, -0.15) is 4.98 Å². The van der Waals surface area contributed by atoms with Gasteiger partial charge in [-0.3, -0.25) is 0 Å². The van der Waals surface area contributed by atoms with Crippen LogP contribution in [-0.2, 0) is 0 Å². The number of ether oxygens (including phenoxy) is 3. The highest BCUT2D eigenvalue weighted by atomic mass is 35.5. The molecule has 4 rings (SSSR count). The van der Waals surface area contributed by atoms with Gasteiger partial charge in [0.05, 0.1) is 6.20 Å². The number of hydrogen-bond acceptors (Lipinski definition) is 8. The lowest BCUT2D eigenvalue weighted by Crippen LogP contribution is -2.19. The molecular formula is C22H25ClFN5O3. The Morgan fingerprint density at radius 2 is 1.81 bits per heavy atom. The number of aromatic nitrogens is 2. The summed E-state index contributed by atoms with van der Waals surface area (Å²) in [7, 11) is 3.98. The summed E-state index contributed by atoms with van der Waals surface area (Å²) in [5.41, 5.74) is 1.36. The molecule has 1 aliphatic rings. The van der Waals surface area contributed by atoms with Crippen LogP contribution in [-0.4, -0.2) is 55.3 Å². The Hall–Kier alpha value is -3.30. The van der Waals surface area contributed by atoms with Gasteiger partial charge in [0.25, 0.3) is 0 Å². The minimum atomic E-state index is -0.568. The summed E-state index contributed by atoms with van der Waals surface area (Å²) in [6.45, 7) is 2.38. The van der Waals surface area contributed by atoms with Gasteiger partial charge in [0.2, 0.25) is 5.95 Å². The summed E-state index contributed by atoms with van der Waals surface area (Å²) in [5, 5.41) is 6.05. The minimum Gasteiger partial charge on any atom is -0.492 e. The first-order valence-electron chi connectivity index (χ1n) is 9.91. The quantitative estimate of drug-likeness (QED) is 0.515. The van der Waals surface area contributed by atoms with Crippen molar-refractivity contribution in [2.75, 3.05) is 51.1 Å². The van der Waals surface area contributed by atoms with Crippen LogP contribution < -0.4 is 24.8 Å². The normalized spacial score (nSPS) is 12.1. The standard InChI is InChI=1S/C22H24FN5O3.ClH/c1-28(2)8-9-29-17-5-3-4-15(12-17)26-22-24-14-18(23)21(27-22)25-16-6-7-19-20(13-16)31-11-10-30-19;/h3-7,12-14H,8-11H2,1-2H3,(H2,24,25,26,27);1H. The molecule has 3 aromatic rings. The molecule has 1 aliphatic heterocycles. The van der Waals surface area contributed by atoms with Crippen LogP contribution in [0, 0.1) is 5.82 Å². The smallest absolute Gasteiger partial charge is 0.229 e. The summed E-state index contributed by atoms with van der Waals surface area (Å²) < 4.78 is 31.1. The van der Waals surface area contributed by atoms with E-state index in [2.05, 4.69) is 20.6 Å². The molecule has 0 amide bonds. The number of hydrogen-bond donors (Lipinski definition) is 2. The van der Waals surface area contributed by atoms with E-state index >= 15 is 0 Å². The van der Waals surface area contributed by atoms with Crippen LogP contribution in [0.5, 0.6) is 17.2 Å². The van der Waals surface area contributed by atoms with Crippen LogP contribution in [0.4, 0.5) is 27.5 Å². The van der Waals surface area contributed by atoms with Gasteiger partial charge in [-0.15, -0.1) is 12.4 Å². The Labute approximate surface area is 192 Å². The molecule has 0 saturated carbocycles. The number of anilines is 4. The summed E-state index contributed by atoms with van der Waals surface area (Å²) in [5.74, 6) is 1.73. The Morgan fingerprint density at radius 3 is 2.62 bits per heavy atom. The fourth-order valence-electron chi connectivity index (χ4n) is 2.91. The lowest BCUT2D eigenvalue weighted by atomic mass is 10.2. The van der Waals surface area contributed by atoms with E-state index in [0.29, 0.717) is 37.0 Å². The summed E-state index contributed by atoms with van der Waals surface area (Å²) in [6.07, 6.45) is 1.12. The molecule has 0 spiro atoms. The maximum Gasteiger partial charge on any atom is 0.229 e. The molecule has 0 radical (unpaired) electrons. The molecule has 2 heterocycles. The van der Waals surface area contributed by atoms with Crippen molar-refractivity contribution in [2.24, 2.45) is 0 Å². The maximum absolute atomic E-state index is 14.3. The molecule has 8 nitrogen and oxygen atoms in total. The minimum absolute atomic E-state index is 0. The van der Waals surface area contributed by atoms with Crippen LogP contribution in [0.15, 0.2) is 48.7 Å². The van der Waals surface area contributed by atoms with Crippen molar-refractivity contribution in [3.05, 3.63) is 54.5 Å². The Bertz CT molecular complexity index is 1050. The predicted octanol–water partition coefficient (Wildman–Crippen LogP) is 4.24. The van der Waals surface area contributed by atoms with Crippen molar-refractivity contribution < 1.29 is 18.6 Å². The molecule has 170 valence electrons. The molecular weight excluding hydrogens is 437 g/mol. The number of halogens is 2. The Kier molecular flexibility index (Phi) is 7.91. The van der Waals surface area contributed by atoms with E-state index in [1.807, 2.05) is 43.3 Å². The molecule has 32 heavy (non-hydrogen) atoms. The van der Waals surface area contributed by atoms with E-state index in [4.69, 9.17) is 14.2 Å². The fraction of sp³-hybridized carbons (Fsp3) is 0.273. The number of likely N-dealkylation sites (N-methyl/N-ethyl adjacent to an activating group) is 1. The predicted molar refractivity (Wildman–Crippen MR) is 124 cm³/mol. The summed E-state index contributed by atoms with van der Waals surface area (Å²) in [4.78, 5) is 10.3. The molecule has 1 aromatic heterocycles. The van der Waals surface area contributed by atoms with Gasteiger partial charge < -0.3 is 29.7 Å². The number of nitrogens with one attached hydrogen (secondary N) is 2. The van der Waals surface area contributed by atoms with Gasteiger partial charge in [-0.25, -0.2) is 9.37 Å². The van der Waals surface area contributed by atoms with Crippen molar-refractivity contribution in [3.63, 3.8) is 0 Å². The molecule has 2 N–H and O–H groups in total. The van der Waals surface area contributed by atoms with E-state index in [1.54, 1.807) is 18.2 Å². The van der Waals surface area contributed by atoms with Gasteiger partial charge >= 0.3 is 0 Å². The zero-order valence-corrected chi connectivity index (χ0v) is 18.6. The number of nitrogens with zero attached hydrogens (tertiary/aromatic N) is 3. The van der Waals surface area contributed by atoms with Gasteiger partial charge in [-0.1, -0.05) is 6.07 Å². The molecule has 0 unspecified atom stereocenters. The third kappa shape index (κ3) is 6.12. The van der Waals surface area contributed by atoms with Crippen molar-refractivity contribution in [2.45, 2.75) is 0 Å². The van der Waals surface area contributed by atoms with E-state index in [0.717, 1.165) is 24.2 Å². The summed E-state index contributed by atoms with van der Waals surface area (Å²) in [6, 6.07) is 12.7. The van der Waals surface area contributed by atoms with Gasteiger partial charge in [0.15, 0.2) is 23.1 Å². The van der Waals surface area contributed by atoms with Crippen LogP contribution in [0.2, 0.25) is 0 Å². The third-order valence-electron chi connectivity index (χ3n) is 4.45. The van der Waals surface area contributed by atoms with Gasteiger partial charge in [-0.05, 0) is 38.4 Å². The highest BCUT2D eigenvalue weighted by Crippen LogP contribution is 2.33. The number of benzene rings is 2. The van der Waals surface area contributed by atoms with Crippen LogP contribution in [0.3, 0.4) is 0 Å². The van der Waals surface area contributed by atoms with Gasteiger partial charge in [0, 0.05) is 30.1 Å². The Morgan fingerprint density at radius 1 is 1.03 bits per heavy atom. The summed E-state index contributed by atoms with van der Waals surface area (Å²) >= 11 is 0. The second-order valence-corrected chi connectivity index (χ2v) is 7.18. The van der Waals surface area contributed by atoms with E-state index in [1.165, 1.54) is 0 Å². The molecule has 0 saturated heterocycles. The zero-order valence-electron chi connectivity index (χ0n) is 17.8. The van der Waals surface area contributed by atoms with Crippen molar-refractivity contribution in [3.8, 4) is 17.2 Å². The largest absolute Gasteiger partial charge is 0.492 e. The lowest BCUT2D eigenvalue weighted by molar-refractivity contribution is 0.171. The van der Waals surface area contributed by atoms with Crippen molar-refractivity contribution in [1.82, 2.24) is 14.9 Å². The second-order valence-electron chi connectivity index (χ2n) is 7.18. The van der Waals surface area contributed by atoms with Crippen LogP contribution >= 0.6 is 12.4 Å². The Balaban J connectivity index is 0.00000289. The SMILES string of the molecule is CN(C)CCOc1cccc(Nc2ncc(F)c(Nc3ccc4c(c3)OCCO4)n2)c1.Cl. The topological polar surface area (TPSA) is 80.8 Å². The average molecular weight is 462 g/mol. The average Bonchev–Trinajstić information content (AvgIpc) is 2.76. The molecule has 0 fully saturated rings. The fourth-order valence-corrected chi connectivity index (χ4v) is 2.91. The first-order valence-corrected chi connectivity index (χ1v) is 9.91. The molecule has 0 atom stereocenters. The van der Waals surface area contributed by atoms with E-state index in [9.17, 15) is 4.39 Å². The maximum atomic E-state index is 14.3. The second kappa shape index (κ2) is 10.8. The zero-order chi connectivity index (χ0) is 21.6. The van der Waals surface area contributed by atoms with Gasteiger partial charge in [0.1, 0.15) is 25.6 Å². The highest BCUT2D eigenvalue weighted by molar-refractivity contribution is 5.85. The van der Waals surface area contributed by atoms with E-state index < -0.39 is 5.82 Å². The molecule has 2 aromatic carbocycles. The molecule has 0 bridgehead atoms. The van der Waals surface area contributed by atoms with Crippen molar-refractivity contribution >= 4 is 35.5 Å². The highest BCUT2D eigenvalue weighted by Gasteiger charge is 2.14. The van der Waals surface area contributed by atoms with Crippen LogP contribution in [0.25, 0.3) is 0 Å². The lowest BCUT2D eigenvalue weighted by Gasteiger charge is -2.19. The van der Waals surface area contributed by atoms with Crippen molar-refractivity contribution in [1.29, 1.82) is 0 Å². The molecule has 10 heteroatoms. The third-order valence-corrected chi connectivity index (χ3v) is 4.45. The van der Waals surface area contributed by atoms with Crippen LogP contribution in [0.1, 0.15) is 0 Å². The first kappa shape index (κ1) is 23.4.